The Morgan fingerprint density at radius 1 is 1.21 bits per heavy atom. The zero-order chi connectivity index (χ0) is 13.4. The number of aliphatic hydroxyl groups excluding tert-OH is 1. The van der Waals surface area contributed by atoms with Crippen molar-refractivity contribution in [3.05, 3.63) is 61.1 Å². The molecular weight excluding hydrogens is 419 g/mol. The highest BCUT2D eigenvalue weighted by molar-refractivity contribution is 14.1. The average molecular weight is 431 g/mol. The Hall–Kier alpha value is -0.590. The third-order valence-corrected chi connectivity index (χ3v) is 4.68. The van der Waals surface area contributed by atoms with Crippen molar-refractivity contribution in [2.75, 3.05) is 6.61 Å². The minimum Gasteiger partial charge on any atom is -0.493 e. The largest absolute Gasteiger partial charge is 0.493 e. The van der Waals surface area contributed by atoms with Crippen LogP contribution >= 0.6 is 38.5 Å². The maximum Gasteiger partial charge on any atom is 0.122 e. The van der Waals surface area contributed by atoms with Gasteiger partial charge in [0.2, 0.25) is 0 Å². The van der Waals surface area contributed by atoms with Crippen LogP contribution in [-0.4, -0.2) is 11.7 Å². The van der Waals surface area contributed by atoms with Crippen molar-refractivity contribution >= 4 is 38.5 Å². The molecule has 0 aromatic heterocycles. The molecule has 1 atom stereocenters. The zero-order valence-electron chi connectivity index (χ0n) is 10.1. The Kier molecular flexibility index (Phi) is 3.82. The molecule has 0 bridgehead atoms. The van der Waals surface area contributed by atoms with Gasteiger partial charge in [-0.3, -0.25) is 0 Å². The first-order chi connectivity index (χ1) is 9.15. The second-order valence-electron chi connectivity index (χ2n) is 4.53. The van der Waals surface area contributed by atoms with E-state index in [4.69, 9.17) is 4.74 Å². The Morgan fingerprint density at radius 3 is 2.89 bits per heavy atom. The van der Waals surface area contributed by atoms with Crippen molar-refractivity contribution in [1.82, 2.24) is 0 Å². The first-order valence-corrected chi connectivity index (χ1v) is 7.91. The fourth-order valence-corrected chi connectivity index (χ4v) is 3.26. The summed E-state index contributed by atoms with van der Waals surface area (Å²) in [5.74, 6) is 0.942. The van der Waals surface area contributed by atoms with Crippen LogP contribution in [-0.2, 0) is 6.42 Å². The van der Waals surface area contributed by atoms with E-state index in [2.05, 4.69) is 38.5 Å². The van der Waals surface area contributed by atoms with Crippen LogP contribution < -0.4 is 4.74 Å². The van der Waals surface area contributed by atoms with Gasteiger partial charge in [-0.05, 0) is 64.0 Å². The van der Waals surface area contributed by atoms with E-state index < -0.39 is 6.10 Å². The summed E-state index contributed by atoms with van der Waals surface area (Å²) >= 11 is 5.75. The number of fused-ring (bicyclic) bond motifs is 1. The Balaban J connectivity index is 1.99. The van der Waals surface area contributed by atoms with Gasteiger partial charge in [0, 0.05) is 20.0 Å². The zero-order valence-corrected chi connectivity index (χ0v) is 13.8. The lowest BCUT2D eigenvalue weighted by Gasteiger charge is -2.14. The lowest BCUT2D eigenvalue weighted by atomic mass is 9.99. The molecule has 1 aliphatic rings. The highest BCUT2D eigenvalue weighted by Gasteiger charge is 2.18. The molecular formula is C15H12BrIO2. The van der Waals surface area contributed by atoms with Crippen LogP contribution in [0.2, 0.25) is 0 Å². The second-order valence-corrected chi connectivity index (χ2v) is 6.63. The number of hydrogen-bond donors (Lipinski definition) is 1. The number of aliphatic hydroxyl groups is 1. The fraction of sp³-hybridized carbons (Fsp3) is 0.200. The van der Waals surface area contributed by atoms with Crippen LogP contribution in [0.1, 0.15) is 22.8 Å². The predicted octanol–water partition coefficient (Wildman–Crippen LogP) is 4.07. The predicted molar refractivity (Wildman–Crippen MR) is 86.6 cm³/mol. The van der Waals surface area contributed by atoms with Gasteiger partial charge in [0.15, 0.2) is 0 Å². The SMILES string of the molecule is OC(c1ccc2c(c1)CCO2)c1cc(I)ccc1Br. The summed E-state index contributed by atoms with van der Waals surface area (Å²) in [6.07, 6.45) is 0.304. The molecule has 4 heteroatoms. The summed E-state index contributed by atoms with van der Waals surface area (Å²) in [6, 6.07) is 11.9. The minimum atomic E-state index is -0.616. The summed E-state index contributed by atoms with van der Waals surface area (Å²) in [5, 5.41) is 10.6. The maximum atomic E-state index is 10.6. The normalized spacial score (nSPS) is 14.9. The van der Waals surface area contributed by atoms with Gasteiger partial charge in [-0.25, -0.2) is 0 Å². The van der Waals surface area contributed by atoms with Crippen molar-refractivity contribution in [3.8, 4) is 5.75 Å². The molecule has 98 valence electrons. The van der Waals surface area contributed by atoms with Gasteiger partial charge in [-0.2, -0.15) is 0 Å². The van der Waals surface area contributed by atoms with Crippen LogP contribution in [0.15, 0.2) is 40.9 Å². The van der Waals surface area contributed by atoms with Crippen LogP contribution in [0.25, 0.3) is 0 Å². The third kappa shape index (κ3) is 2.66. The molecule has 2 aromatic carbocycles. The molecule has 2 nitrogen and oxygen atoms in total. The molecule has 19 heavy (non-hydrogen) atoms. The van der Waals surface area contributed by atoms with Crippen LogP contribution in [0.4, 0.5) is 0 Å². The van der Waals surface area contributed by atoms with E-state index in [1.54, 1.807) is 0 Å². The van der Waals surface area contributed by atoms with Crippen molar-refractivity contribution in [1.29, 1.82) is 0 Å². The van der Waals surface area contributed by atoms with Gasteiger partial charge >= 0.3 is 0 Å². The van der Waals surface area contributed by atoms with Gasteiger partial charge in [0.1, 0.15) is 11.9 Å². The molecule has 1 N–H and O–H groups in total. The van der Waals surface area contributed by atoms with Gasteiger partial charge in [0.25, 0.3) is 0 Å². The van der Waals surface area contributed by atoms with E-state index in [1.165, 1.54) is 5.56 Å². The minimum absolute atomic E-state index is 0.616. The highest BCUT2D eigenvalue weighted by atomic mass is 127. The maximum absolute atomic E-state index is 10.6. The van der Waals surface area contributed by atoms with Crippen LogP contribution in [0.3, 0.4) is 0 Å². The van der Waals surface area contributed by atoms with Crippen molar-refractivity contribution in [3.63, 3.8) is 0 Å². The van der Waals surface area contributed by atoms with E-state index >= 15 is 0 Å². The molecule has 1 heterocycles. The van der Waals surface area contributed by atoms with Gasteiger partial charge < -0.3 is 9.84 Å². The average Bonchev–Trinajstić information content (AvgIpc) is 2.88. The summed E-state index contributed by atoms with van der Waals surface area (Å²) in [6.45, 7) is 0.738. The molecule has 2 aromatic rings. The van der Waals surface area contributed by atoms with Gasteiger partial charge in [-0.15, -0.1) is 0 Å². The summed E-state index contributed by atoms with van der Waals surface area (Å²) in [4.78, 5) is 0. The smallest absolute Gasteiger partial charge is 0.122 e. The van der Waals surface area contributed by atoms with E-state index in [-0.39, 0.29) is 0 Å². The molecule has 0 saturated carbocycles. The summed E-state index contributed by atoms with van der Waals surface area (Å²) < 4.78 is 7.53. The molecule has 0 spiro atoms. The molecule has 0 saturated heterocycles. The molecule has 1 unspecified atom stereocenters. The Bertz CT molecular complexity index is 628. The first kappa shape index (κ1) is 13.4. The summed E-state index contributed by atoms with van der Waals surface area (Å²) in [5.41, 5.74) is 2.98. The summed E-state index contributed by atoms with van der Waals surface area (Å²) in [7, 11) is 0. The topological polar surface area (TPSA) is 29.5 Å². The van der Waals surface area contributed by atoms with E-state index in [0.717, 1.165) is 37.9 Å². The number of benzene rings is 2. The molecule has 0 radical (unpaired) electrons. The van der Waals surface area contributed by atoms with Crippen LogP contribution in [0, 0.1) is 3.57 Å². The van der Waals surface area contributed by atoms with Crippen molar-refractivity contribution in [2.45, 2.75) is 12.5 Å². The lowest BCUT2D eigenvalue weighted by molar-refractivity contribution is 0.219. The lowest BCUT2D eigenvalue weighted by Crippen LogP contribution is -2.01. The first-order valence-electron chi connectivity index (χ1n) is 6.04. The van der Waals surface area contributed by atoms with Crippen LogP contribution in [0.5, 0.6) is 5.75 Å². The number of hydrogen-bond acceptors (Lipinski definition) is 2. The molecule has 0 amide bonds. The molecule has 1 aliphatic heterocycles. The third-order valence-electron chi connectivity index (χ3n) is 3.28. The van der Waals surface area contributed by atoms with Gasteiger partial charge in [0.05, 0.1) is 6.61 Å². The molecule has 3 rings (SSSR count). The standard InChI is InChI=1S/C15H12BrIO2/c16-13-3-2-11(17)8-12(13)15(18)10-1-4-14-9(7-10)5-6-19-14/h1-4,7-8,15,18H,5-6H2. The highest BCUT2D eigenvalue weighted by Crippen LogP contribution is 2.33. The second kappa shape index (κ2) is 5.42. The van der Waals surface area contributed by atoms with Crippen molar-refractivity contribution in [2.24, 2.45) is 0 Å². The van der Waals surface area contributed by atoms with Gasteiger partial charge in [-0.1, -0.05) is 22.0 Å². The number of ether oxygens (including phenoxy) is 1. The molecule has 0 fully saturated rings. The number of halogens is 2. The molecule has 0 aliphatic carbocycles. The Morgan fingerprint density at radius 2 is 2.05 bits per heavy atom. The van der Waals surface area contributed by atoms with E-state index in [0.29, 0.717) is 0 Å². The Labute approximate surface area is 134 Å². The quantitative estimate of drug-likeness (QED) is 0.727. The fourth-order valence-electron chi connectivity index (χ4n) is 2.28. The number of rotatable bonds is 2. The van der Waals surface area contributed by atoms with E-state index in [9.17, 15) is 5.11 Å². The van der Waals surface area contributed by atoms with Crippen molar-refractivity contribution < 1.29 is 9.84 Å². The van der Waals surface area contributed by atoms with E-state index in [1.807, 2.05) is 36.4 Å². The monoisotopic (exact) mass is 430 g/mol.